The third kappa shape index (κ3) is 10.7. The van der Waals surface area contributed by atoms with Gasteiger partial charge in [-0.2, -0.15) is 41.0 Å². The van der Waals surface area contributed by atoms with E-state index in [0.29, 0.717) is 11.3 Å². The van der Waals surface area contributed by atoms with Gasteiger partial charge in [-0.1, -0.05) is 122 Å². The second kappa shape index (κ2) is 14.8. The van der Waals surface area contributed by atoms with Gasteiger partial charge >= 0.3 is 41.3 Å². The molecule has 0 fully saturated rings. The van der Waals surface area contributed by atoms with Crippen molar-refractivity contribution in [2.24, 2.45) is 11.3 Å². The molecule has 0 N–H and O–H groups in total. The van der Waals surface area contributed by atoms with Crippen molar-refractivity contribution in [2.45, 2.75) is 107 Å². The summed E-state index contributed by atoms with van der Waals surface area (Å²) in [6.45, 7) is 26.8. The van der Waals surface area contributed by atoms with Crippen molar-refractivity contribution in [3.8, 4) is 11.1 Å². The van der Waals surface area contributed by atoms with Crippen LogP contribution in [0.1, 0.15) is 112 Å². The van der Waals surface area contributed by atoms with E-state index >= 15 is 0 Å². The van der Waals surface area contributed by atoms with Gasteiger partial charge in [0.1, 0.15) is 0 Å². The molecule has 38 heavy (non-hydrogen) atoms. The van der Waals surface area contributed by atoms with Gasteiger partial charge in [-0.15, -0.1) is 5.56 Å². The van der Waals surface area contributed by atoms with Crippen molar-refractivity contribution in [3.63, 3.8) is 0 Å². The molecule has 0 saturated heterocycles. The molecule has 4 rings (SSSR count). The summed E-state index contributed by atoms with van der Waals surface area (Å²) in [6, 6.07) is 15.1. The molecule has 2 aromatic carbocycles. The fraction of sp³-hybridized carbons (Fsp3) is 0.514. The fourth-order valence-electron chi connectivity index (χ4n) is 4.20. The summed E-state index contributed by atoms with van der Waals surface area (Å²) in [6.07, 6.45) is 10.0. The molecule has 1 atom stereocenters. The van der Waals surface area contributed by atoms with Crippen molar-refractivity contribution in [1.29, 1.82) is 0 Å². The Morgan fingerprint density at radius 2 is 1.37 bits per heavy atom. The van der Waals surface area contributed by atoms with Crippen LogP contribution >= 0.6 is 0 Å². The maximum Gasteiger partial charge on any atom is -1.00 e. The molecule has 0 saturated carbocycles. The van der Waals surface area contributed by atoms with Crippen molar-refractivity contribution in [2.75, 3.05) is 0 Å². The van der Waals surface area contributed by atoms with Gasteiger partial charge in [-0.05, 0) is 17.4 Å². The number of benzene rings is 2. The van der Waals surface area contributed by atoms with Crippen molar-refractivity contribution in [3.05, 3.63) is 82.5 Å². The van der Waals surface area contributed by atoms with Gasteiger partial charge in [-0.3, -0.25) is 6.08 Å². The largest absolute Gasteiger partial charge is 1.00 e. The van der Waals surface area contributed by atoms with Crippen LogP contribution < -0.4 is 24.8 Å². The maximum atomic E-state index is 3.53. The van der Waals surface area contributed by atoms with E-state index in [2.05, 4.69) is 138 Å². The third-order valence-electron chi connectivity index (χ3n) is 6.67. The summed E-state index contributed by atoms with van der Waals surface area (Å²) in [5, 5.41) is 0. The number of rotatable bonds is 1. The van der Waals surface area contributed by atoms with Crippen LogP contribution in [-0.4, -0.2) is 3.21 Å². The average molecular weight is 631 g/mol. The topological polar surface area (TPSA) is 0 Å². The Kier molecular flexibility index (Phi) is 14.5. The standard InChI is InChI=1S/C21H25.C11H17.C3H6.2ClH.Zr/c1-20(2,3)16-9-7-14-11-15-8-10-17(21(4,5)6)13-19(15)18(14)12-16;1-5-9-6-7-10(8-9)11(2,3)4;1-3-2;;;/h7,9-10,12-13H,11H2,1-6H3;7-9H,5H2,1-4H3;1-2H3;2*1H;/q2*-1;;;;+2/p-2. The van der Waals surface area contributed by atoms with Crippen LogP contribution in [0.3, 0.4) is 0 Å². The molecule has 0 aromatic heterocycles. The molecule has 2 aromatic rings. The van der Waals surface area contributed by atoms with Crippen LogP contribution in [0.4, 0.5) is 0 Å². The third-order valence-corrected chi connectivity index (χ3v) is 6.67. The van der Waals surface area contributed by atoms with Crippen LogP contribution in [0.25, 0.3) is 11.1 Å². The summed E-state index contributed by atoms with van der Waals surface area (Å²) in [4.78, 5) is 0. The van der Waals surface area contributed by atoms with E-state index in [-0.39, 0.29) is 35.6 Å². The maximum absolute atomic E-state index is 3.53. The molecule has 0 amide bonds. The molecule has 2 aliphatic carbocycles. The molecule has 0 radical (unpaired) electrons. The molecular formula is C35H48Cl2Zr-2. The minimum atomic E-state index is 0. The number of hydrogen-bond donors (Lipinski definition) is 0. The Morgan fingerprint density at radius 1 is 0.842 bits per heavy atom. The summed E-state index contributed by atoms with van der Waals surface area (Å²) < 4.78 is 1.51. The molecular weight excluding hydrogens is 583 g/mol. The number of halogens is 2. The van der Waals surface area contributed by atoms with Gasteiger partial charge in [0, 0.05) is 0 Å². The molecule has 0 heterocycles. The van der Waals surface area contributed by atoms with Gasteiger partial charge in [0.2, 0.25) is 0 Å². The molecule has 1 unspecified atom stereocenters. The van der Waals surface area contributed by atoms with Crippen LogP contribution in [0.2, 0.25) is 0 Å². The van der Waals surface area contributed by atoms with Crippen molar-refractivity contribution < 1.29 is 49.0 Å². The normalized spacial score (nSPS) is 15.4. The minimum absolute atomic E-state index is 0. The van der Waals surface area contributed by atoms with E-state index in [9.17, 15) is 0 Å². The summed E-state index contributed by atoms with van der Waals surface area (Å²) in [5.74, 6) is 0.573. The van der Waals surface area contributed by atoms with Gasteiger partial charge < -0.3 is 24.8 Å². The summed E-state index contributed by atoms with van der Waals surface area (Å²) >= 11 is 1.55. The van der Waals surface area contributed by atoms with Crippen LogP contribution in [-0.2, 0) is 41.5 Å². The zero-order valence-electron chi connectivity index (χ0n) is 25.8. The number of fused-ring (bicyclic) bond motifs is 3. The Labute approximate surface area is 262 Å². The molecule has 0 spiro atoms. The molecule has 0 nitrogen and oxygen atoms in total. The van der Waals surface area contributed by atoms with Crippen LogP contribution in [0.15, 0.2) is 48.1 Å². The second-order valence-corrected chi connectivity index (χ2v) is 16.0. The van der Waals surface area contributed by atoms with Crippen LogP contribution in [0.5, 0.6) is 0 Å². The second-order valence-electron chi connectivity index (χ2n) is 13.5. The Hall–Kier alpha value is -0.747. The first-order valence-electron chi connectivity index (χ1n) is 13.5. The first-order chi connectivity index (χ1) is 16.4. The molecule has 2 aliphatic rings. The van der Waals surface area contributed by atoms with Crippen LogP contribution in [0, 0.1) is 23.5 Å². The first kappa shape index (κ1) is 37.3. The number of hydrogen-bond acceptors (Lipinski definition) is 0. The zero-order chi connectivity index (χ0) is 27.5. The molecule has 208 valence electrons. The van der Waals surface area contributed by atoms with E-state index in [1.165, 1.54) is 48.6 Å². The average Bonchev–Trinajstić information content (AvgIpc) is 3.36. The van der Waals surface area contributed by atoms with Crippen molar-refractivity contribution in [1.82, 2.24) is 0 Å². The van der Waals surface area contributed by atoms with E-state index in [0.717, 1.165) is 6.42 Å². The van der Waals surface area contributed by atoms with Crippen molar-refractivity contribution >= 4 is 3.21 Å². The number of allylic oxidation sites excluding steroid dienone is 4. The Balaban J connectivity index is 0.000000684. The minimum Gasteiger partial charge on any atom is -1.00 e. The Bertz CT molecular complexity index is 1070. The molecule has 0 bridgehead atoms. The molecule has 3 heteroatoms. The summed E-state index contributed by atoms with van der Waals surface area (Å²) in [7, 11) is 0. The zero-order valence-corrected chi connectivity index (χ0v) is 29.8. The van der Waals surface area contributed by atoms with Gasteiger partial charge in [-0.25, -0.2) is 6.08 Å². The van der Waals surface area contributed by atoms with Gasteiger partial charge in [0.05, 0.1) is 0 Å². The van der Waals surface area contributed by atoms with E-state index in [1.54, 1.807) is 24.2 Å². The SMILES string of the molecule is CC(C)(C)c1c[c-]c2c(c1)-c1cc(C(C)(C)C)ccc1C2.CCC1[C-]=CC(C(C)(C)C)=C1.C[C](C)=[Zr+2].[Cl-].[Cl-]. The fourth-order valence-corrected chi connectivity index (χ4v) is 4.20. The summed E-state index contributed by atoms with van der Waals surface area (Å²) in [5.41, 5.74) is 10.5. The first-order valence-corrected chi connectivity index (χ1v) is 14.7. The van der Waals surface area contributed by atoms with Gasteiger partial charge in [0.15, 0.2) is 0 Å². The van der Waals surface area contributed by atoms with E-state index in [1.807, 2.05) is 0 Å². The predicted octanol–water partition coefficient (Wildman–Crippen LogP) is 3.76. The Morgan fingerprint density at radius 3 is 1.79 bits per heavy atom. The van der Waals surface area contributed by atoms with E-state index in [4.69, 9.17) is 0 Å². The smallest absolute Gasteiger partial charge is 1.00 e. The van der Waals surface area contributed by atoms with Gasteiger partial charge in [0.25, 0.3) is 0 Å². The quantitative estimate of drug-likeness (QED) is 0.360. The monoisotopic (exact) mass is 628 g/mol. The predicted molar refractivity (Wildman–Crippen MR) is 156 cm³/mol. The molecule has 0 aliphatic heterocycles. The van der Waals surface area contributed by atoms with E-state index < -0.39 is 0 Å².